The number of rotatable bonds is 14. The van der Waals surface area contributed by atoms with E-state index < -0.39 is 53.3 Å². The van der Waals surface area contributed by atoms with Crippen molar-refractivity contribution in [2.24, 2.45) is 5.92 Å². The van der Waals surface area contributed by atoms with Gasteiger partial charge >= 0.3 is 12.1 Å². The number of carboxylic acid groups (broad SMARTS) is 1. The Morgan fingerprint density at radius 1 is 0.857 bits per heavy atom. The van der Waals surface area contributed by atoms with Gasteiger partial charge in [0, 0.05) is 32.2 Å². The monoisotopic (exact) mass is 684 g/mol. The molecule has 3 atom stereocenters. The van der Waals surface area contributed by atoms with E-state index in [2.05, 4.69) is 5.32 Å². The lowest BCUT2D eigenvalue weighted by Gasteiger charge is -2.35. The van der Waals surface area contributed by atoms with Crippen molar-refractivity contribution in [3.8, 4) is 23.0 Å². The van der Waals surface area contributed by atoms with Crippen molar-refractivity contribution in [2.45, 2.75) is 25.1 Å². The van der Waals surface area contributed by atoms with Crippen LogP contribution in [0, 0.1) is 11.7 Å². The van der Waals surface area contributed by atoms with Crippen LogP contribution in [0.1, 0.15) is 43.9 Å². The molecule has 1 heterocycles. The number of nitrogens with one attached hydrogen (secondary N) is 1. The number of amides is 2. The summed E-state index contributed by atoms with van der Waals surface area (Å²) in [5, 5.41) is 12.9. The molecule has 1 fully saturated rings. The Hall–Kier alpha value is -5.41. The first-order valence-corrected chi connectivity index (χ1v) is 15.0. The van der Waals surface area contributed by atoms with E-state index in [0.29, 0.717) is 0 Å². The maximum absolute atomic E-state index is 15.4. The minimum absolute atomic E-state index is 0.0264. The average molecular weight is 685 g/mol. The first kappa shape index (κ1) is 36.4. The van der Waals surface area contributed by atoms with Gasteiger partial charge in [-0.1, -0.05) is 24.3 Å². The molecule has 2 amide bonds. The van der Waals surface area contributed by atoms with E-state index in [1.54, 1.807) is 18.2 Å². The number of likely N-dealkylation sites (tertiary alicyclic amines) is 1. The van der Waals surface area contributed by atoms with Crippen molar-refractivity contribution >= 4 is 23.8 Å². The predicted molar refractivity (Wildman–Crippen MR) is 170 cm³/mol. The van der Waals surface area contributed by atoms with E-state index in [9.17, 15) is 24.3 Å². The topological polar surface area (TPSA) is 168 Å². The van der Waals surface area contributed by atoms with Gasteiger partial charge in [-0.15, -0.1) is 0 Å². The number of nitrogens with zero attached hydrogens (tertiary/aromatic N) is 1. The molecule has 3 aromatic carbocycles. The minimum Gasteiger partial charge on any atom is -0.493 e. The zero-order valence-corrected chi connectivity index (χ0v) is 27.3. The first-order valence-electron chi connectivity index (χ1n) is 15.0. The summed E-state index contributed by atoms with van der Waals surface area (Å²) in [5.74, 6) is -4.57. The van der Waals surface area contributed by atoms with Gasteiger partial charge in [-0.3, -0.25) is 14.5 Å². The smallest absolute Gasteiger partial charge is 0.410 e. The molecule has 15 heteroatoms. The standard InChI is InChI=1S/C34H37FN2O12/c1-43-18-47-24-14-8-13-23(35)27(24)29(38)22-12-9-15-37(34(41)42)32(49-33(40)20-10-6-5-7-11-20)28(22)36-31(39)21-16-25(45-3)30(48-19-44-2)26(17-21)46-4/h5-8,10-11,13-14,16-17,22,28,32H,9,12,15,18-19H2,1-4H3,(H,36,39)(H,41,42). The number of methoxy groups -OCH3 is 4. The number of Topliss-reactive ketones (excluding diaryl/α,β-unsaturated/α-hetero) is 1. The molecule has 0 radical (unpaired) electrons. The van der Waals surface area contributed by atoms with Crippen LogP contribution in [0.2, 0.25) is 0 Å². The molecule has 49 heavy (non-hydrogen) atoms. The van der Waals surface area contributed by atoms with Crippen LogP contribution in [0.3, 0.4) is 0 Å². The zero-order valence-electron chi connectivity index (χ0n) is 27.3. The van der Waals surface area contributed by atoms with Crippen LogP contribution < -0.4 is 24.3 Å². The Labute approximate surface area is 281 Å². The molecule has 0 bridgehead atoms. The summed E-state index contributed by atoms with van der Waals surface area (Å²) >= 11 is 0. The van der Waals surface area contributed by atoms with E-state index in [4.69, 9.17) is 33.2 Å². The molecule has 0 saturated carbocycles. The molecule has 1 aliphatic heterocycles. The Morgan fingerprint density at radius 3 is 2.12 bits per heavy atom. The number of benzene rings is 3. The highest BCUT2D eigenvalue weighted by molar-refractivity contribution is 6.02. The molecule has 2 N–H and O–H groups in total. The fourth-order valence-corrected chi connectivity index (χ4v) is 5.42. The highest BCUT2D eigenvalue weighted by Crippen LogP contribution is 2.39. The summed E-state index contributed by atoms with van der Waals surface area (Å²) in [5.41, 5.74) is -0.391. The van der Waals surface area contributed by atoms with Crippen LogP contribution in [0.25, 0.3) is 0 Å². The zero-order chi connectivity index (χ0) is 35.5. The van der Waals surface area contributed by atoms with E-state index in [1.165, 1.54) is 64.8 Å². The van der Waals surface area contributed by atoms with Crippen LogP contribution in [-0.2, 0) is 14.2 Å². The van der Waals surface area contributed by atoms with E-state index in [-0.39, 0.29) is 67.1 Å². The number of carbonyl (C=O) groups is 4. The van der Waals surface area contributed by atoms with Crippen LogP contribution in [0.5, 0.6) is 23.0 Å². The third kappa shape index (κ3) is 8.55. The first-order chi connectivity index (χ1) is 23.6. The second-order valence-corrected chi connectivity index (χ2v) is 10.7. The second-order valence-electron chi connectivity index (χ2n) is 10.7. The van der Waals surface area contributed by atoms with Crippen molar-refractivity contribution < 1.29 is 61.8 Å². The van der Waals surface area contributed by atoms with E-state index in [0.717, 1.165) is 11.0 Å². The van der Waals surface area contributed by atoms with Crippen molar-refractivity contribution in [1.29, 1.82) is 0 Å². The van der Waals surface area contributed by atoms with Gasteiger partial charge in [-0.05, 0) is 49.2 Å². The molecular weight excluding hydrogens is 647 g/mol. The molecule has 0 spiro atoms. The molecule has 1 aliphatic rings. The molecule has 262 valence electrons. The van der Waals surface area contributed by atoms with Gasteiger partial charge in [-0.25, -0.2) is 14.0 Å². The summed E-state index contributed by atoms with van der Waals surface area (Å²) in [4.78, 5) is 55.1. The van der Waals surface area contributed by atoms with Crippen LogP contribution in [-0.4, -0.2) is 94.6 Å². The summed E-state index contributed by atoms with van der Waals surface area (Å²) in [7, 11) is 5.46. The third-order valence-corrected chi connectivity index (χ3v) is 7.68. The molecule has 1 saturated heterocycles. The third-order valence-electron chi connectivity index (χ3n) is 7.68. The largest absolute Gasteiger partial charge is 0.493 e. The Balaban J connectivity index is 1.84. The Morgan fingerprint density at radius 2 is 1.51 bits per heavy atom. The van der Waals surface area contributed by atoms with Gasteiger partial charge in [0.2, 0.25) is 12.0 Å². The number of ether oxygens (including phenoxy) is 7. The molecule has 3 unspecified atom stereocenters. The summed E-state index contributed by atoms with van der Waals surface area (Å²) in [6, 6.07) is 12.7. The lowest BCUT2D eigenvalue weighted by molar-refractivity contribution is -0.0416. The lowest BCUT2D eigenvalue weighted by atomic mass is 9.86. The van der Waals surface area contributed by atoms with Gasteiger partial charge in [0.15, 0.2) is 30.9 Å². The van der Waals surface area contributed by atoms with Crippen LogP contribution >= 0.6 is 0 Å². The lowest BCUT2D eigenvalue weighted by Crippen LogP contribution is -2.58. The molecule has 0 aromatic heterocycles. The van der Waals surface area contributed by atoms with Crippen molar-refractivity contribution in [2.75, 3.05) is 48.6 Å². The maximum Gasteiger partial charge on any atom is 0.410 e. The Bertz CT molecular complexity index is 1610. The van der Waals surface area contributed by atoms with Gasteiger partial charge < -0.3 is 43.6 Å². The molecule has 0 aliphatic carbocycles. The maximum atomic E-state index is 15.4. The predicted octanol–water partition coefficient (Wildman–Crippen LogP) is 4.36. The van der Waals surface area contributed by atoms with Crippen LogP contribution in [0.4, 0.5) is 9.18 Å². The summed E-state index contributed by atoms with van der Waals surface area (Å²) in [6.07, 6.45) is -3.13. The minimum atomic E-state index is -1.73. The second kappa shape index (κ2) is 17.1. The van der Waals surface area contributed by atoms with E-state index in [1.807, 2.05) is 0 Å². The normalized spacial score (nSPS) is 17.3. The van der Waals surface area contributed by atoms with Gasteiger partial charge in [0.05, 0.1) is 31.4 Å². The number of esters is 1. The van der Waals surface area contributed by atoms with Gasteiger partial charge in [0.1, 0.15) is 11.6 Å². The molecule has 14 nitrogen and oxygen atoms in total. The molecule has 3 aromatic rings. The van der Waals surface area contributed by atoms with Crippen molar-refractivity contribution in [3.05, 3.63) is 83.2 Å². The number of halogens is 1. The fraction of sp³-hybridized carbons (Fsp3) is 0.353. The van der Waals surface area contributed by atoms with Crippen LogP contribution in [0.15, 0.2) is 60.7 Å². The van der Waals surface area contributed by atoms with Crippen molar-refractivity contribution in [3.63, 3.8) is 0 Å². The quantitative estimate of drug-likeness (QED) is 0.140. The average Bonchev–Trinajstić information content (AvgIpc) is 3.28. The SMILES string of the molecule is COCOc1cccc(F)c1C(=O)C1CCCN(C(=O)O)C(OC(=O)c2ccccc2)C1NC(=O)c1cc(OC)c(OCOC)c(OC)c1. The van der Waals surface area contributed by atoms with Crippen molar-refractivity contribution in [1.82, 2.24) is 10.2 Å². The number of ketones is 1. The highest BCUT2D eigenvalue weighted by atomic mass is 19.1. The highest BCUT2D eigenvalue weighted by Gasteiger charge is 2.46. The number of hydrogen-bond donors (Lipinski definition) is 2. The fourth-order valence-electron chi connectivity index (χ4n) is 5.42. The number of hydrogen-bond acceptors (Lipinski definition) is 11. The number of carbonyl (C=O) groups excluding carboxylic acids is 3. The Kier molecular flexibility index (Phi) is 12.7. The molecular formula is C34H37FN2O12. The summed E-state index contributed by atoms with van der Waals surface area (Å²) < 4.78 is 53.0. The van der Waals surface area contributed by atoms with Gasteiger partial charge in [-0.2, -0.15) is 0 Å². The molecule has 4 rings (SSSR count). The van der Waals surface area contributed by atoms with E-state index >= 15 is 4.39 Å². The summed E-state index contributed by atoms with van der Waals surface area (Å²) in [6.45, 7) is -0.627. The van der Waals surface area contributed by atoms with Gasteiger partial charge in [0.25, 0.3) is 5.91 Å².